The summed E-state index contributed by atoms with van der Waals surface area (Å²) in [4.78, 5) is 0. The smallest absolute Gasteiger partial charge is 0.162 e. The highest BCUT2D eigenvalue weighted by Crippen LogP contribution is 2.31. The molecule has 0 fully saturated rings. The Hall–Kier alpha value is -0.250. The van der Waals surface area contributed by atoms with E-state index in [1.807, 2.05) is 0 Å². The van der Waals surface area contributed by atoms with E-state index < -0.39 is 10.8 Å². The van der Waals surface area contributed by atoms with Crippen molar-refractivity contribution in [1.82, 2.24) is 0 Å². The largest absolute Gasteiger partial charge is 0.479 e. The predicted molar refractivity (Wildman–Crippen MR) is 56.0 cm³/mol. The molecule has 1 unspecified atom stereocenters. The van der Waals surface area contributed by atoms with Crippen molar-refractivity contribution in [3.63, 3.8) is 0 Å². The summed E-state index contributed by atoms with van der Waals surface area (Å²) in [6.45, 7) is 0. The van der Waals surface area contributed by atoms with Crippen LogP contribution in [0.1, 0.15) is 0 Å². The van der Waals surface area contributed by atoms with Gasteiger partial charge in [-0.05, 0) is 12.1 Å². The average molecular weight is 239 g/mol. The maximum absolute atomic E-state index is 10.7. The summed E-state index contributed by atoms with van der Waals surface area (Å²) < 4.78 is 15.9. The molecule has 0 aliphatic carbocycles. The standard InChI is InChI=1S/C8H8Cl2O2S/c1-13(11)5-12-7-4-2-3-6(9)8(7)10/h2-4H,5H2,1H3. The summed E-state index contributed by atoms with van der Waals surface area (Å²) in [5.74, 6) is 0.587. The molecule has 1 aromatic carbocycles. The Kier molecular flexibility index (Phi) is 4.03. The number of ether oxygens (including phenoxy) is 1. The Morgan fingerprint density at radius 2 is 2.15 bits per heavy atom. The first kappa shape index (κ1) is 10.8. The Morgan fingerprint density at radius 3 is 2.77 bits per heavy atom. The van der Waals surface area contributed by atoms with Crippen molar-refractivity contribution in [2.24, 2.45) is 0 Å². The molecule has 0 aliphatic rings. The van der Waals surface area contributed by atoms with E-state index in [2.05, 4.69) is 0 Å². The zero-order valence-electron chi connectivity index (χ0n) is 6.92. The van der Waals surface area contributed by atoms with E-state index in [0.717, 1.165) is 0 Å². The third-order valence-corrected chi connectivity index (χ3v) is 2.55. The van der Waals surface area contributed by atoms with E-state index in [1.165, 1.54) is 0 Å². The zero-order chi connectivity index (χ0) is 9.84. The molecule has 13 heavy (non-hydrogen) atoms. The molecule has 0 saturated heterocycles. The van der Waals surface area contributed by atoms with Gasteiger partial charge in [-0.15, -0.1) is 0 Å². The van der Waals surface area contributed by atoms with E-state index in [-0.39, 0.29) is 5.94 Å². The van der Waals surface area contributed by atoms with Crippen molar-refractivity contribution in [2.45, 2.75) is 0 Å². The predicted octanol–water partition coefficient (Wildman–Crippen LogP) is 2.71. The highest BCUT2D eigenvalue weighted by molar-refractivity contribution is 7.84. The summed E-state index contributed by atoms with van der Waals surface area (Å²) in [6.07, 6.45) is 1.55. The van der Waals surface area contributed by atoms with Gasteiger partial charge in [0, 0.05) is 6.26 Å². The molecule has 72 valence electrons. The van der Waals surface area contributed by atoms with E-state index in [9.17, 15) is 4.21 Å². The first-order valence-corrected chi connectivity index (χ1v) is 5.96. The molecule has 1 aromatic rings. The normalized spacial score (nSPS) is 12.5. The maximum Gasteiger partial charge on any atom is 0.162 e. The second kappa shape index (κ2) is 4.84. The topological polar surface area (TPSA) is 26.3 Å². The van der Waals surface area contributed by atoms with Gasteiger partial charge < -0.3 is 4.74 Å². The van der Waals surface area contributed by atoms with Gasteiger partial charge in [0.25, 0.3) is 0 Å². The highest BCUT2D eigenvalue weighted by Gasteiger charge is 2.05. The molecule has 1 atom stereocenters. The molecule has 1 rings (SSSR count). The van der Waals surface area contributed by atoms with Gasteiger partial charge in [0.2, 0.25) is 0 Å². The lowest BCUT2D eigenvalue weighted by molar-refractivity contribution is 0.387. The van der Waals surface area contributed by atoms with Crippen LogP contribution in [0.5, 0.6) is 5.75 Å². The van der Waals surface area contributed by atoms with E-state index in [4.69, 9.17) is 27.9 Å². The molecule has 0 radical (unpaired) electrons. The molecule has 0 spiro atoms. The van der Waals surface area contributed by atoms with Crippen LogP contribution in [0.3, 0.4) is 0 Å². The van der Waals surface area contributed by atoms with Gasteiger partial charge in [-0.1, -0.05) is 29.3 Å². The van der Waals surface area contributed by atoms with Gasteiger partial charge in [-0.25, -0.2) is 0 Å². The summed E-state index contributed by atoms with van der Waals surface area (Å²) in [7, 11) is -1.00. The van der Waals surface area contributed by atoms with Crippen LogP contribution >= 0.6 is 23.2 Å². The Morgan fingerprint density at radius 1 is 1.46 bits per heavy atom. The summed E-state index contributed by atoms with van der Waals surface area (Å²) >= 11 is 11.6. The summed E-state index contributed by atoms with van der Waals surface area (Å²) in [5, 5.41) is 0.788. The van der Waals surface area contributed by atoms with Crippen molar-refractivity contribution >= 4 is 34.0 Å². The Labute approximate surface area is 89.3 Å². The molecule has 0 heterocycles. The Bertz CT molecular complexity index is 328. The van der Waals surface area contributed by atoms with Crippen molar-refractivity contribution in [2.75, 3.05) is 12.2 Å². The lowest BCUT2D eigenvalue weighted by Crippen LogP contribution is -2.03. The van der Waals surface area contributed by atoms with Crippen LogP contribution in [-0.2, 0) is 10.8 Å². The van der Waals surface area contributed by atoms with Crippen molar-refractivity contribution < 1.29 is 8.95 Å². The number of benzene rings is 1. The van der Waals surface area contributed by atoms with Crippen LogP contribution in [0, 0.1) is 0 Å². The average Bonchev–Trinajstić information content (AvgIpc) is 2.07. The van der Waals surface area contributed by atoms with Gasteiger partial charge in [0.1, 0.15) is 10.8 Å². The SMILES string of the molecule is CS(=O)COc1cccc(Cl)c1Cl. The summed E-state index contributed by atoms with van der Waals surface area (Å²) in [6, 6.07) is 5.07. The van der Waals surface area contributed by atoms with Gasteiger partial charge in [-0.3, -0.25) is 4.21 Å². The fraction of sp³-hybridized carbons (Fsp3) is 0.250. The zero-order valence-corrected chi connectivity index (χ0v) is 9.25. The number of halogens is 2. The van der Waals surface area contributed by atoms with Crippen LogP contribution in [0.2, 0.25) is 10.0 Å². The molecule has 0 bridgehead atoms. The van der Waals surface area contributed by atoms with E-state index in [1.54, 1.807) is 24.5 Å². The second-order valence-corrected chi connectivity index (χ2v) is 4.55. The van der Waals surface area contributed by atoms with Crippen molar-refractivity contribution in [3.8, 4) is 5.75 Å². The fourth-order valence-corrected chi connectivity index (χ4v) is 1.38. The summed E-state index contributed by atoms with van der Waals surface area (Å²) in [5.41, 5.74) is 0. The minimum Gasteiger partial charge on any atom is -0.479 e. The minimum absolute atomic E-state index is 0.125. The van der Waals surface area contributed by atoms with Gasteiger partial charge in [-0.2, -0.15) is 0 Å². The first-order chi connectivity index (χ1) is 6.11. The first-order valence-electron chi connectivity index (χ1n) is 3.48. The van der Waals surface area contributed by atoms with E-state index in [0.29, 0.717) is 15.8 Å². The molecule has 0 aliphatic heterocycles. The Balaban J connectivity index is 2.77. The fourth-order valence-electron chi connectivity index (χ4n) is 0.742. The van der Waals surface area contributed by atoms with Gasteiger partial charge in [0.05, 0.1) is 15.8 Å². The minimum atomic E-state index is -1.00. The second-order valence-electron chi connectivity index (χ2n) is 2.39. The number of hydrogen-bond acceptors (Lipinski definition) is 2. The van der Waals surface area contributed by atoms with Crippen LogP contribution < -0.4 is 4.74 Å². The molecule has 0 amide bonds. The van der Waals surface area contributed by atoms with Crippen molar-refractivity contribution in [3.05, 3.63) is 28.2 Å². The molecule has 0 saturated carbocycles. The number of rotatable bonds is 3. The van der Waals surface area contributed by atoms with Gasteiger partial charge >= 0.3 is 0 Å². The quantitative estimate of drug-likeness (QED) is 0.810. The molecular formula is C8H8Cl2O2S. The maximum atomic E-state index is 10.7. The van der Waals surface area contributed by atoms with Crippen LogP contribution in [0.25, 0.3) is 0 Å². The third-order valence-electron chi connectivity index (χ3n) is 1.30. The number of hydrogen-bond donors (Lipinski definition) is 0. The van der Waals surface area contributed by atoms with Crippen molar-refractivity contribution in [1.29, 1.82) is 0 Å². The lowest BCUT2D eigenvalue weighted by Gasteiger charge is -2.06. The van der Waals surface area contributed by atoms with Crippen LogP contribution in [0.4, 0.5) is 0 Å². The molecular weight excluding hydrogens is 231 g/mol. The highest BCUT2D eigenvalue weighted by atomic mass is 35.5. The van der Waals surface area contributed by atoms with Crippen LogP contribution in [-0.4, -0.2) is 16.4 Å². The molecule has 5 heteroatoms. The van der Waals surface area contributed by atoms with Crippen LogP contribution in [0.15, 0.2) is 18.2 Å². The van der Waals surface area contributed by atoms with Gasteiger partial charge in [0.15, 0.2) is 5.94 Å². The molecule has 0 aromatic heterocycles. The third kappa shape index (κ3) is 3.18. The monoisotopic (exact) mass is 238 g/mol. The van der Waals surface area contributed by atoms with E-state index >= 15 is 0 Å². The molecule has 2 nitrogen and oxygen atoms in total. The lowest BCUT2D eigenvalue weighted by atomic mass is 10.3. The molecule has 0 N–H and O–H groups in total.